The van der Waals surface area contributed by atoms with Gasteiger partial charge in [-0.1, -0.05) is 0 Å². The maximum Gasteiger partial charge on any atom is 0.261 e. The molecular formula is C20H12F2N2O4. The fourth-order valence-electron chi connectivity index (χ4n) is 2.91. The van der Waals surface area contributed by atoms with Gasteiger partial charge in [-0.2, -0.15) is 0 Å². The van der Waals surface area contributed by atoms with Crippen molar-refractivity contribution < 1.29 is 27.6 Å². The van der Waals surface area contributed by atoms with Crippen LogP contribution in [-0.4, -0.2) is 22.6 Å². The zero-order valence-electron chi connectivity index (χ0n) is 14.2. The fraction of sp³-hybridized carbons (Fsp3) is 0.0500. The third kappa shape index (κ3) is 3.05. The quantitative estimate of drug-likeness (QED) is 0.699. The lowest BCUT2D eigenvalue weighted by molar-refractivity contribution is 0.0631. The van der Waals surface area contributed by atoms with Gasteiger partial charge in [0.05, 0.1) is 23.9 Å². The van der Waals surface area contributed by atoms with E-state index in [9.17, 15) is 23.2 Å². The van der Waals surface area contributed by atoms with Crippen molar-refractivity contribution in [2.45, 2.75) is 6.54 Å². The molecule has 0 fully saturated rings. The average molecular weight is 382 g/mol. The lowest BCUT2D eigenvalue weighted by atomic mass is 10.1. The van der Waals surface area contributed by atoms with Gasteiger partial charge in [-0.25, -0.2) is 8.78 Å². The molecule has 2 heterocycles. The maximum absolute atomic E-state index is 13.3. The second-order valence-corrected chi connectivity index (χ2v) is 6.12. The Bertz CT molecular complexity index is 1110. The standard InChI is InChI=1S/C20H12F2N2O4/c21-16-6-4-12(9-17(16)22)23-18(25)11-3-5-14-15(8-11)20(27)24(19(14)26)10-13-2-1-7-28-13/h1-9H,10H2,(H,23,25). The highest BCUT2D eigenvalue weighted by Crippen LogP contribution is 2.26. The first-order valence-electron chi connectivity index (χ1n) is 8.23. The zero-order chi connectivity index (χ0) is 19.8. The van der Waals surface area contributed by atoms with Gasteiger partial charge in [0.25, 0.3) is 17.7 Å². The number of rotatable bonds is 4. The second kappa shape index (κ2) is 6.73. The summed E-state index contributed by atoms with van der Waals surface area (Å²) in [6, 6.07) is 10.3. The first-order chi connectivity index (χ1) is 13.4. The van der Waals surface area contributed by atoms with Crippen LogP contribution in [-0.2, 0) is 6.54 Å². The highest BCUT2D eigenvalue weighted by atomic mass is 19.2. The number of imide groups is 1. The minimum atomic E-state index is -1.10. The SMILES string of the molecule is O=C(Nc1ccc(F)c(F)c1)c1ccc2c(c1)C(=O)N(Cc1ccco1)C2=O. The molecule has 2 aromatic carbocycles. The molecule has 0 radical (unpaired) electrons. The molecule has 3 amide bonds. The minimum Gasteiger partial charge on any atom is -0.467 e. The number of hydrogen-bond donors (Lipinski definition) is 1. The Morgan fingerprint density at radius 3 is 2.46 bits per heavy atom. The number of carbonyl (C=O) groups is 3. The molecule has 1 aromatic heterocycles. The maximum atomic E-state index is 13.3. The third-order valence-corrected chi connectivity index (χ3v) is 4.30. The number of carbonyl (C=O) groups excluding carboxylic acids is 3. The summed E-state index contributed by atoms with van der Waals surface area (Å²) in [4.78, 5) is 38.5. The van der Waals surface area contributed by atoms with Gasteiger partial charge in [0, 0.05) is 17.3 Å². The van der Waals surface area contributed by atoms with Crippen LogP contribution >= 0.6 is 0 Å². The van der Waals surface area contributed by atoms with E-state index in [0.29, 0.717) is 5.76 Å². The molecule has 8 heteroatoms. The van der Waals surface area contributed by atoms with E-state index in [1.807, 2.05) is 0 Å². The van der Waals surface area contributed by atoms with Gasteiger partial charge in [0.1, 0.15) is 5.76 Å². The molecule has 0 saturated heterocycles. The molecule has 28 heavy (non-hydrogen) atoms. The summed E-state index contributed by atoms with van der Waals surface area (Å²) >= 11 is 0. The summed E-state index contributed by atoms with van der Waals surface area (Å²) in [5, 5.41) is 2.42. The topological polar surface area (TPSA) is 79.6 Å². The molecule has 0 bridgehead atoms. The van der Waals surface area contributed by atoms with Crippen LogP contribution in [0, 0.1) is 11.6 Å². The van der Waals surface area contributed by atoms with Gasteiger partial charge in [0.15, 0.2) is 11.6 Å². The molecule has 0 spiro atoms. The number of benzene rings is 2. The van der Waals surface area contributed by atoms with E-state index in [4.69, 9.17) is 4.42 Å². The fourth-order valence-corrected chi connectivity index (χ4v) is 2.91. The molecule has 4 rings (SSSR count). The molecule has 1 N–H and O–H groups in total. The van der Waals surface area contributed by atoms with Gasteiger partial charge >= 0.3 is 0 Å². The van der Waals surface area contributed by atoms with Crippen molar-refractivity contribution in [3.05, 3.63) is 88.9 Å². The Morgan fingerprint density at radius 1 is 0.964 bits per heavy atom. The summed E-state index contributed by atoms with van der Waals surface area (Å²) in [5.74, 6) is -3.33. The van der Waals surface area contributed by atoms with Gasteiger partial charge in [-0.3, -0.25) is 19.3 Å². The zero-order valence-corrected chi connectivity index (χ0v) is 14.2. The average Bonchev–Trinajstić information content (AvgIpc) is 3.28. The molecule has 1 aliphatic heterocycles. The molecule has 0 atom stereocenters. The Labute approximate surface area is 157 Å². The summed E-state index contributed by atoms with van der Waals surface area (Å²) in [6.45, 7) is -0.0181. The Hall–Kier alpha value is -3.81. The van der Waals surface area contributed by atoms with E-state index in [0.717, 1.165) is 17.0 Å². The molecule has 0 aliphatic carbocycles. The van der Waals surface area contributed by atoms with Crippen molar-refractivity contribution >= 4 is 23.4 Å². The van der Waals surface area contributed by atoms with Crippen molar-refractivity contribution in [1.29, 1.82) is 0 Å². The normalized spacial score (nSPS) is 13.0. The predicted octanol–water partition coefficient (Wildman–Crippen LogP) is 3.61. The molecule has 0 unspecified atom stereocenters. The van der Waals surface area contributed by atoms with E-state index in [1.165, 1.54) is 30.5 Å². The molecular weight excluding hydrogens is 370 g/mol. The number of fused-ring (bicyclic) bond motifs is 1. The van der Waals surface area contributed by atoms with Crippen LogP contribution in [0.25, 0.3) is 0 Å². The summed E-state index contributed by atoms with van der Waals surface area (Å²) in [5.41, 5.74) is 0.436. The molecule has 140 valence electrons. The Morgan fingerprint density at radius 2 is 1.75 bits per heavy atom. The number of furan rings is 1. The number of hydrogen-bond acceptors (Lipinski definition) is 4. The highest BCUT2D eigenvalue weighted by molar-refractivity contribution is 6.22. The van der Waals surface area contributed by atoms with Gasteiger partial charge in [-0.15, -0.1) is 0 Å². The van der Waals surface area contributed by atoms with Crippen molar-refractivity contribution in [3.63, 3.8) is 0 Å². The van der Waals surface area contributed by atoms with Crippen LogP contribution in [0.15, 0.2) is 59.2 Å². The van der Waals surface area contributed by atoms with Crippen molar-refractivity contribution in [3.8, 4) is 0 Å². The second-order valence-electron chi connectivity index (χ2n) is 6.12. The van der Waals surface area contributed by atoms with E-state index in [1.54, 1.807) is 12.1 Å². The van der Waals surface area contributed by atoms with Crippen LogP contribution in [0.3, 0.4) is 0 Å². The molecule has 6 nitrogen and oxygen atoms in total. The monoisotopic (exact) mass is 382 g/mol. The lowest BCUT2D eigenvalue weighted by Gasteiger charge is -2.11. The number of anilines is 1. The van der Waals surface area contributed by atoms with Crippen LogP contribution in [0.2, 0.25) is 0 Å². The smallest absolute Gasteiger partial charge is 0.261 e. The van der Waals surface area contributed by atoms with Gasteiger partial charge < -0.3 is 9.73 Å². The van der Waals surface area contributed by atoms with Crippen LogP contribution in [0.5, 0.6) is 0 Å². The van der Waals surface area contributed by atoms with Crippen molar-refractivity contribution in [2.75, 3.05) is 5.32 Å². The van der Waals surface area contributed by atoms with Crippen LogP contribution in [0.4, 0.5) is 14.5 Å². The van der Waals surface area contributed by atoms with Crippen LogP contribution in [0.1, 0.15) is 36.8 Å². The van der Waals surface area contributed by atoms with E-state index in [2.05, 4.69) is 5.32 Å². The largest absolute Gasteiger partial charge is 0.467 e. The first kappa shape index (κ1) is 17.6. The number of nitrogens with one attached hydrogen (secondary N) is 1. The first-order valence-corrected chi connectivity index (χ1v) is 8.23. The van der Waals surface area contributed by atoms with Gasteiger partial charge in [0.2, 0.25) is 0 Å². The summed E-state index contributed by atoms with van der Waals surface area (Å²) < 4.78 is 31.4. The van der Waals surface area contributed by atoms with E-state index < -0.39 is 29.4 Å². The van der Waals surface area contributed by atoms with Gasteiger partial charge in [-0.05, 0) is 42.5 Å². The van der Waals surface area contributed by atoms with E-state index >= 15 is 0 Å². The van der Waals surface area contributed by atoms with Crippen LogP contribution < -0.4 is 5.32 Å². The summed E-state index contributed by atoms with van der Waals surface area (Å²) in [6.07, 6.45) is 1.44. The number of amides is 3. The summed E-state index contributed by atoms with van der Waals surface area (Å²) in [7, 11) is 0. The predicted molar refractivity (Wildman–Crippen MR) is 93.7 cm³/mol. The third-order valence-electron chi connectivity index (χ3n) is 4.30. The van der Waals surface area contributed by atoms with Crippen molar-refractivity contribution in [1.82, 2.24) is 4.90 Å². The highest BCUT2D eigenvalue weighted by Gasteiger charge is 2.36. The Kier molecular flexibility index (Phi) is 4.23. The molecule has 0 saturated carbocycles. The molecule has 3 aromatic rings. The number of nitrogens with zero attached hydrogens (tertiary/aromatic N) is 1. The minimum absolute atomic E-state index is 0.0181. The number of halogens is 2. The Balaban J connectivity index is 1.57. The van der Waals surface area contributed by atoms with E-state index in [-0.39, 0.29) is 28.9 Å². The molecule has 1 aliphatic rings. The lowest BCUT2D eigenvalue weighted by Crippen LogP contribution is -2.28. The van der Waals surface area contributed by atoms with Crippen molar-refractivity contribution in [2.24, 2.45) is 0 Å².